The third-order valence-electron chi connectivity index (χ3n) is 4.52. The highest BCUT2D eigenvalue weighted by Gasteiger charge is 2.25. The van der Waals surface area contributed by atoms with Crippen LogP contribution in [0, 0.1) is 16.0 Å². The average molecular weight is 408 g/mol. The summed E-state index contributed by atoms with van der Waals surface area (Å²) in [6.07, 6.45) is 9.21. The molecule has 2 unspecified atom stereocenters. The van der Waals surface area contributed by atoms with Crippen LogP contribution in [-0.4, -0.2) is 30.5 Å². The van der Waals surface area contributed by atoms with Crippen LogP contribution in [0.1, 0.15) is 44.1 Å². The number of benzene rings is 1. The molecular formula is C19H24N2O6S. The summed E-state index contributed by atoms with van der Waals surface area (Å²) in [5.74, 6) is -0.512. The zero-order chi connectivity index (χ0) is 20.6. The van der Waals surface area contributed by atoms with E-state index in [1.54, 1.807) is 0 Å². The molecule has 0 radical (unpaired) electrons. The molecule has 0 saturated heterocycles. The Kier molecular flexibility index (Phi) is 7.89. The lowest BCUT2D eigenvalue weighted by atomic mass is 10.1. The van der Waals surface area contributed by atoms with Gasteiger partial charge in [0.15, 0.2) is 0 Å². The molecule has 8 nitrogen and oxygen atoms in total. The Morgan fingerprint density at radius 3 is 2.64 bits per heavy atom. The quantitative estimate of drug-likeness (QED) is 0.264. The fraction of sp³-hybridized carbons (Fsp3) is 0.421. The standard InChI is InChI=1S/C19H24N2O6S/c22-19(23)5-3-1-2-4-16-6-9-17(14-16)20-28(26,27)13-12-15-7-10-18(11-8-15)21(24)25/h2,4,7-8,10-13,16-17,20H,1,3,5-6,9,14H2,(H,22,23). The number of hydrogen-bond acceptors (Lipinski definition) is 5. The lowest BCUT2D eigenvalue weighted by Crippen LogP contribution is -2.31. The highest BCUT2D eigenvalue weighted by atomic mass is 32.2. The Balaban J connectivity index is 1.81. The van der Waals surface area contributed by atoms with E-state index in [0.29, 0.717) is 24.8 Å². The summed E-state index contributed by atoms with van der Waals surface area (Å²) >= 11 is 0. The topological polar surface area (TPSA) is 127 Å². The minimum absolute atomic E-state index is 0.0499. The van der Waals surface area contributed by atoms with E-state index >= 15 is 0 Å². The monoisotopic (exact) mass is 408 g/mol. The van der Waals surface area contributed by atoms with Crippen molar-refractivity contribution in [1.29, 1.82) is 0 Å². The first kappa shape index (κ1) is 21.8. The SMILES string of the molecule is O=C(O)CCCC=CC1CCC(NS(=O)(=O)C=Cc2ccc([N+](=O)[O-])cc2)C1. The molecule has 1 fully saturated rings. The molecule has 0 aliphatic heterocycles. The molecular weight excluding hydrogens is 384 g/mol. The fourth-order valence-electron chi connectivity index (χ4n) is 3.10. The minimum atomic E-state index is -3.61. The number of carboxylic acids is 1. The van der Waals surface area contributed by atoms with Crippen LogP contribution in [0.5, 0.6) is 0 Å². The van der Waals surface area contributed by atoms with Crippen molar-refractivity contribution in [2.24, 2.45) is 5.92 Å². The van der Waals surface area contributed by atoms with Crippen molar-refractivity contribution < 1.29 is 23.2 Å². The Bertz CT molecular complexity index is 846. The fourth-order valence-corrected chi connectivity index (χ4v) is 4.20. The minimum Gasteiger partial charge on any atom is -0.481 e. The second-order valence-electron chi connectivity index (χ2n) is 6.80. The molecule has 2 atom stereocenters. The van der Waals surface area contributed by atoms with Gasteiger partial charge in [-0.15, -0.1) is 0 Å². The molecule has 0 bridgehead atoms. The molecule has 9 heteroatoms. The number of allylic oxidation sites excluding steroid dienone is 2. The van der Waals surface area contributed by atoms with Crippen molar-refractivity contribution in [2.45, 2.75) is 44.6 Å². The lowest BCUT2D eigenvalue weighted by Gasteiger charge is -2.10. The molecule has 2 N–H and O–H groups in total. The number of nitrogens with zero attached hydrogens (tertiary/aromatic N) is 1. The van der Waals surface area contributed by atoms with E-state index < -0.39 is 20.9 Å². The maximum absolute atomic E-state index is 12.2. The molecule has 1 aliphatic carbocycles. The van der Waals surface area contributed by atoms with E-state index in [9.17, 15) is 23.3 Å². The van der Waals surface area contributed by atoms with Gasteiger partial charge in [-0.25, -0.2) is 13.1 Å². The van der Waals surface area contributed by atoms with Crippen molar-refractivity contribution in [1.82, 2.24) is 4.72 Å². The molecule has 1 aromatic carbocycles. The highest BCUT2D eigenvalue weighted by molar-refractivity contribution is 7.92. The average Bonchev–Trinajstić information content (AvgIpc) is 3.06. The molecule has 152 valence electrons. The molecule has 0 spiro atoms. The van der Waals surface area contributed by atoms with Gasteiger partial charge in [0, 0.05) is 30.0 Å². The predicted octanol–water partition coefficient (Wildman–Crippen LogP) is 3.46. The van der Waals surface area contributed by atoms with Gasteiger partial charge < -0.3 is 5.11 Å². The van der Waals surface area contributed by atoms with E-state index in [4.69, 9.17) is 5.11 Å². The van der Waals surface area contributed by atoms with Gasteiger partial charge in [-0.2, -0.15) is 0 Å². The van der Waals surface area contributed by atoms with Crippen LogP contribution in [-0.2, 0) is 14.8 Å². The van der Waals surface area contributed by atoms with Crippen LogP contribution in [0.15, 0.2) is 41.8 Å². The summed E-state index contributed by atoms with van der Waals surface area (Å²) in [7, 11) is -3.61. The summed E-state index contributed by atoms with van der Waals surface area (Å²) in [6.45, 7) is 0. The smallest absolute Gasteiger partial charge is 0.303 e. The largest absolute Gasteiger partial charge is 0.481 e. The zero-order valence-electron chi connectivity index (χ0n) is 15.4. The van der Waals surface area contributed by atoms with Crippen LogP contribution in [0.25, 0.3) is 6.08 Å². The number of unbranched alkanes of at least 4 members (excludes halogenated alkanes) is 1. The Labute approximate surface area is 164 Å². The Morgan fingerprint density at radius 2 is 2.00 bits per heavy atom. The molecule has 2 rings (SSSR count). The number of nitro groups is 1. The summed E-state index contributed by atoms with van der Waals surface area (Å²) < 4.78 is 27.1. The van der Waals surface area contributed by atoms with Crippen LogP contribution in [0.2, 0.25) is 0 Å². The van der Waals surface area contributed by atoms with Crippen molar-refractivity contribution in [3.63, 3.8) is 0 Å². The van der Waals surface area contributed by atoms with Gasteiger partial charge in [0.25, 0.3) is 5.69 Å². The van der Waals surface area contributed by atoms with Gasteiger partial charge in [0.2, 0.25) is 10.0 Å². The van der Waals surface area contributed by atoms with Gasteiger partial charge in [0.1, 0.15) is 0 Å². The van der Waals surface area contributed by atoms with E-state index in [2.05, 4.69) is 4.72 Å². The van der Waals surface area contributed by atoms with Gasteiger partial charge >= 0.3 is 5.97 Å². The number of rotatable bonds is 10. The number of nitrogens with one attached hydrogen (secondary N) is 1. The molecule has 0 heterocycles. The summed E-state index contributed by atoms with van der Waals surface area (Å²) in [6, 6.07) is 5.49. The first-order valence-corrected chi connectivity index (χ1v) is 10.6. The first-order chi connectivity index (χ1) is 13.2. The van der Waals surface area contributed by atoms with Crippen LogP contribution in [0.3, 0.4) is 0 Å². The van der Waals surface area contributed by atoms with E-state index in [1.165, 1.54) is 30.3 Å². The first-order valence-electron chi connectivity index (χ1n) is 9.08. The number of nitro benzene ring substituents is 1. The van der Waals surface area contributed by atoms with Crippen molar-refractivity contribution in [3.8, 4) is 0 Å². The zero-order valence-corrected chi connectivity index (χ0v) is 16.2. The van der Waals surface area contributed by atoms with E-state index in [1.807, 2.05) is 12.2 Å². The van der Waals surface area contributed by atoms with E-state index in [0.717, 1.165) is 18.2 Å². The predicted molar refractivity (Wildman–Crippen MR) is 106 cm³/mol. The van der Waals surface area contributed by atoms with Crippen LogP contribution >= 0.6 is 0 Å². The number of carboxylic acid groups (broad SMARTS) is 1. The van der Waals surface area contributed by atoms with Crippen molar-refractivity contribution in [2.75, 3.05) is 0 Å². The second-order valence-corrected chi connectivity index (χ2v) is 8.40. The number of hydrogen-bond donors (Lipinski definition) is 2. The number of carbonyl (C=O) groups is 1. The normalized spacial score (nSPS) is 20.1. The van der Waals surface area contributed by atoms with Crippen LogP contribution < -0.4 is 4.72 Å². The lowest BCUT2D eigenvalue weighted by molar-refractivity contribution is -0.384. The number of aliphatic carboxylic acids is 1. The number of sulfonamides is 1. The van der Waals surface area contributed by atoms with E-state index in [-0.39, 0.29) is 24.1 Å². The highest BCUT2D eigenvalue weighted by Crippen LogP contribution is 2.27. The van der Waals surface area contributed by atoms with Gasteiger partial charge in [-0.1, -0.05) is 12.2 Å². The van der Waals surface area contributed by atoms with Gasteiger partial charge in [-0.05, 0) is 61.8 Å². The summed E-state index contributed by atoms with van der Waals surface area (Å²) in [4.78, 5) is 20.6. The third kappa shape index (κ3) is 7.61. The third-order valence-corrected chi connectivity index (χ3v) is 5.67. The molecule has 0 aromatic heterocycles. The maximum Gasteiger partial charge on any atom is 0.303 e. The van der Waals surface area contributed by atoms with Gasteiger partial charge in [-0.3, -0.25) is 14.9 Å². The molecule has 28 heavy (non-hydrogen) atoms. The van der Waals surface area contributed by atoms with Gasteiger partial charge in [0.05, 0.1) is 4.92 Å². The summed E-state index contributed by atoms with van der Waals surface area (Å²) in [5, 5.41) is 20.3. The maximum atomic E-state index is 12.2. The Morgan fingerprint density at radius 1 is 1.29 bits per heavy atom. The molecule has 1 saturated carbocycles. The number of non-ortho nitro benzene ring substituents is 1. The summed E-state index contributed by atoms with van der Waals surface area (Å²) in [5.41, 5.74) is 0.510. The van der Waals surface area contributed by atoms with Crippen LogP contribution in [0.4, 0.5) is 5.69 Å². The molecule has 0 amide bonds. The van der Waals surface area contributed by atoms with Crippen molar-refractivity contribution in [3.05, 3.63) is 57.5 Å². The second kappa shape index (κ2) is 10.1. The van der Waals surface area contributed by atoms with Crippen molar-refractivity contribution >= 4 is 27.8 Å². The molecule has 1 aromatic rings. The Hall–Kier alpha value is -2.52. The molecule has 1 aliphatic rings.